The molecule has 1 aromatic carbocycles. The highest BCUT2D eigenvalue weighted by Crippen LogP contribution is 2.28. The van der Waals surface area contributed by atoms with Crippen LogP contribution >= 0.6 is 0 Å². The van der Waals surface area contributed by atoms with E-state index in [2.05, 4.69) is 4.98 Å². The lowest BCUT2D eigenvalue weighted by molar-refractivity contribution is 0.0527. The standard InChI is InChI=1S/C14H13FN2O3/c1-2-19-14(18)10-6-13(11(15)7-12(10)16)20-9-4-3-5-17-8-9/h3-8H,2,16H2,1H3. The van der Waals surface area contributed by atoms with Crippen LogP contribution in [-0.4, -0.2) is 17.6 Å². The Labute approximate surface area is 115 Å². The van der Waals surface area contributed by atoms with Gasteiger partial charge in [0.05, 0.1) is 18.4 Å². The van der Waals surface area contributed by atoms with Crippen LogP contribution in [0.5, 0.6) is 11.5 Å². The Bertz CT molecular complexity index is 617. The second kappa shape index (κ2) is 6.01. The molecule has 0 amide bonds. The van der Waals surface area contributed by atoms with Crippen molar-refractivity contribution in [3.05, 3.63) is 48.0 Å². The van der Waals surface area contributed by atoms with Crippen molar-refractivity contribution in [3.63, 3.8) is 0 Å². The summed E-state index contributed by atoms with van der Waals surface area (Å²) in [6.45, 7) is 1.87. The summed E-state index contributed by atoms with van der Waals surface area (Å²) in [5.41, 5.74) is 5.67. The minimum atomic E-state index is -0.667. The lowest BCUT2D eigenvalue weighted by Crippen LogP contribution is -2.09. The molecule has 0 fully saturated rings. The van der Waals surface area contributed by atoms with E-state index in [0.717, 1.165) is 6.07 Å². The van der Waals surface area contributed by atoms with Crippen molar-refractivity contribution in [1.29, 1.82) is 0 Å². The largest absolute Gasteiger partial charge is 0.462 e. The van der Waals surface area contributed by atoms with Gasteiger partial charge in [-0.3, -0.25) is 4.98 Å². The minimum absolute atomic E-state index is 0.000475. The van der Waals surface area contributed by atoms with Crippen molar-refractivity contribution < 1.29 is 18.7 Å². The lowest BCUT2D eigenvalue weighted by atomic mass is 10.1. The molecule has 2 rings (SSSR count). The number of carbonyl (C=O) groups excluding carboxylic acids is 1. The number of halogens is 1. The number of hydrogen-bond donors (Lipinski definition) is 1. The molecule has 0 atom stereocenters. The Morgan fingerprint density at radius 2 is 2.25 bits per heavy atom. The molecule has 5 nitrogen and oxygen atoms in total. The third-order valence-corrected chi connectivity index (χ3v) is 2.46. The molecule has 2 aromatic rings. The number of nitrogen functional groups attached to an aromatic ring is 1. The predicted molar refractivity (Wildman–Crippen MR) is 71.1 cm³/mol. The fourth-order valence-corrected chi connectivity index (χ4v) is 1.57. The maximum absolute atomic E-state index is 13.8. The molecule has 104 valence electrons. The van der Waals surface area contributed by atoms with E-state index in [-0.39, 0.29) is 23.6 Å². The number of rotatable bonds is 4. The van der Waals surface area contributed by atoms with E-state index in [1.54, 1.807) is 25.3 Å². The molecule has 0 saturated heterocycles. The first-order valence-electron chi connectivity index (χ1n) is 5.96. The Kier molecular flexibility index (Phi) is 4.14. The number of benzene rings is 1. The molecule has 0 aliphatic heterocycles. The molecular formula is C14H13FN2O3. The quantitative estimate of drug-likeness (QED) is 0.686. The van der Waals surface area contributed by atoms with Crippen molar-refractivity contribution >= 4 is 11.7 Å². The molecule has 0 spiro atoms. The van der Waals surface area contributed by atoms with Crippen LogP contribution in [0.4, 0.5) is 10.1 Å². The summed E-state index contributed by atoms with van der Waals surface area (Å²) in [6, 6.07) is 5.51. The van der Waals surface area contributed by atoms with Crippen LogP contribution < -0.4 is 10.5 Å². The number of esters is 1. The van der Waals surface area contributed by atoms with Crippen LogP contribution in [0.3, 0.4) is 0 Å². The summed E-state index contributed by atoms with van der Waals surface area (Å²) in [4.78, 5) is 15.5. The van der Waals surface area contributed by atoms with Crippen molar-refractivity contribution in [2.75, 3.05) is 12.3 Å². The highest BCUT2D eigenvalue weighted by molar-refractivity contribution is 5.95. The van der Waals surface area contributed by atoms with Crippen LogP contribution in [0.1, 0.15) is 17.3 Å². The number of carbonyl (C=O) groups is 1. The highest BCUT2D eigenvalue weighted by Gasteiger charge is 2.16. The van der Waals surface area contributed by atoms with Crippen LogP contribution in [0.25, 0.3) is 0 Å². The number of anilines is 1. The molecule has 0 radical (unpaired) electrons. The molecule has 0 bridgehead atoms. The number of ether oxygens (including phenoxy) is 2. The maximum atomic E-state index is 13.8. The summed E-state index contributed by atoms with van der Waals surface area (Å²) in [7, 11) is 0. The Morgan fingerprint density at radius 1 is 1.45 bits per heavy atom. The van der Waals surface area contributed by atoms with E-state index in [1.165, 1.54) is 12.3 Å². The van der Waals surface area contributed by atoms with Crippen molar-refractivity contribution in [1.82, 2.24) is 4.98 Å². The van der Waals surface area contributed by atoms with E-state index in [1.807, 2.05) is 0 Å². The van der Waals surface area contributed by atoms with E-state index in [4.69, 9.17) is 15.2 Å². The molecule has 0 unspecified atom stereocenters. The Balaban J connectivity index is 2.34. The zero-order valence-electron chi connectivity index (χ0n) is 10.8. The van der Waals surface area contributed by atoms with Gasteiger partial charge in [0.2, 0.25) is 0 Å². The van der Waals surface area contributed by atoms with Crippen LogP contribution in [-0.2, 0) is 4.74 Å². The third-order valence-electron chi connectivity index (χ3n) is 2.46. The van der Waals surface area contributed by atoms with E-state index >= 15 is 0 Å². The summed E-state index contributed by atoms with van der Waals surface area (Å²) < 4.78 is 24.0. The van der Waals surface area contributed by atoms with Gasteiger partial charge in [-0.15, -0.1) is 0 Å². The maximum Gasteiger partial charge on any atom is 0.340 e. The second-order valence-electron chi connectivity index (χ2n) is 3.88. The zero-order valence-corrected chi connectivity index (χ0v) is 10.8. The Morgan fingerprint density at radius 3 is 2.90 bits per heavy atom. The highest BCUT2D eigenvalue weighted by atomic mass is 19.1. The van der Waals surface area contributed by atoms with Gasteiger partial charge < -0.3 is 15.2 Å². The van der Waals surface area contributed by atoms with Gasteiger partial charge >= 0.3 is 5.97 Å². The summed E-state index contributed by atoms with van der Waals surface area (Å²) in [5, 5.41) is 0. The number of pyridine rings is 1. The molecule has 0 saturated carbocycles. The molecule has 6 heteroatoms. The summed E-state index contributed by atoms with van der Waals surface area (Å²) in [5.74, 6) is -1.05. The van der Waals surface area contributed by atoms with Crippen molar-refractivity contribution in [3.8, 4) is 11.5 Å². The lowest BCUT2D eigenvalue weighted by Gasteiger charge is -2.10. The molecular weight excluding hydrogens is 263 g/mol. The summed E-state index contributed by atoms with van der Waals surface area (Å²) >= 11 is 0. The first kappa shape index (κ1) is 13.8. The van der Waals surface area contributed by atoms with Gasteiger partial charge in [-0.2, -0.15) is 0 Å². The number of nitrogens with zero attached hydrogens (tertiary/aromatic N) is 1. The fourth-order valence-electron chi connectivity index (χ4n) is 1.57. The third kappa shape index (κ3) is 3.03. The Hall–Kier alpha value is -2.63. The van der Waals surface area contributed by atoms with Gasteiger partial charge in [0, 0.05) is 24.0 Å². The monoisotopic (exact) mass is 276 g/mol. The van der Waals surface area contributed by atoms with Gasteiger partial charge in [-0.25, -0.2) is 9.18 Å². The molecule has 1 heterocycles. The first-order chi connectivity index (χ1) is 9.61. The van der Waals surface area contributed by atoms with Crippen LogP contribution in [0.15, 0.2) is 36.7 Å². The molecule has 0 aliphatic carbocycles. The van der Waals surface area contributed by atoms with E-state index < -0.39 is 11.8 Å². The average Bonchev–Trinajstić information content (AvgIpc) is 2.43. The molecule has 20 heavy (non-hydrogen) atoms. The first-order valence-corrected chi connectivity index (χ1v) is 5.96. The molecule has 1 aromatic heterocycles. The van der Waals surface area contributed by atoms with E-state index in [9.17, 15) is 9.18 Å². The minimum Gasteiger partial charge on any atom is -0.462 e. The number of hydrogen-bond acceptors (Lipinski definition) is 5. The van der Waals surface area contributed by atoms with Gasteiger partial charge in [0.15, 0.2) is 11.6 Å². The number of aromatic nitrogens is 1. The number of nitrogens with two attached hydrogens (primary N) is 1. The summed E-state index contributed by atoms with van der Waals surface area (Å²) in [6.07, 6.45) is 3.00. The molecule has 2 N–H and O–H groups in total. The smallest absolute Gasteiger partial charge is 0.340 e. The molecule has 0 aliphatic rings. The average molecular weight is 276 g/mol. The SMILES string of the molecule is CCOC(=O)c1cc(Oc2cccnc2)c(F)cc1N. The van der Waals surface area contributed by atoms with Crippen LogP contribution in [0.2, 0.25) is 0 Å². The van der Waals surface area contributed by atoms with Gasteiger partial charge in [-0.05, 0) is 19.1 Å². The van der Waals surface area contributed by atoms with E-state index in [0.29, 0.717) is 5.75 Å². The van der Waals surface area contributed by atoms with Gasteiger partial charge in [0.25, 0.3) is 0 Å². The zero-order chi connectivity index (χ0) is 14.5. The topological polar surface area (TPSA) is 74.4 Å². The van der Waals surface area contributed by atoms with Crippen molar-refractivity contribution in [2.45, 2.75) is 6.92 Å². The van der Waals surface area contributed by atoms with Gasteiger partial charge in [-0.1, -0.05) is 0 Å². The van der Waals surface area contributed by atoms with Crippen molar-refractivity contribution in [2.24, 2.45) is 0 Å². The fraction of sp³-hybridized carbons (Fsp3) is 0.143. The second-order valence-corrected chi connectivity index (χ2v) is 3.88. The van der Waals surface area contributed by atoms with Crippen LogP contribution in [0, 0.1) is 5.82 Å². The normalized spacial score (nSPS) is 10.1. The predicted octanol–water partition coefficient (Wildman–Crippen LogP) is 2.77. The van der Waals surface area contributed by atoms with Gasteiger partial charge in [0.1, 0.15) is 5.75 Å².